The van der Waals surface area contributed by atoms with Gasteiger partial charge in [0.1, 0.15) is 5.75 Å². The van der Waals surface area contributed by atoms with Crippen LogP contribution < -0.4 is 4.74 Å². The summed E-state index contributed by atoms with van der Waals surface area (Å²) in [6, 6.07) is 16.9. The van der Waals surface area contributed by atoms with Crippen LogP contribution in [0.5, 0.6) is 11.5 Å². The monoisotopic (exact) mass is 227 g/mol. The van der Waals surface area contributed by atoms with Crippen LogP contribution in [0.15, 0.2) is 54.6 Å². The molecule has 0 aliphatic heterocycles. The van der Waals surface area contributed by atoms with Gasteiger partial charge in [0, 0.05) is 6.07 Å². The van der Waals surface area contributed by atoms with E-state index in [4.69, 9.17) is 4.74 Å². The molecule has 2 heteroatoms. The Labute approximate surface area is 101 Å². The quantitative estimate of drug-likeness (QED) is 0.713. The van der Waals surface area contributed by atoms with E-state index in [0.717, 1.165) is 12.8 Å². The molecule has 0 aromatic heterocycles. The number of hydrogen-bond donors (Lipinski definition) is 0. The van der Waals surface area contributed by atoms with Crippen molar-refractivity contribution in [3.63, 3.8) is 0 Å². The molecule has 0 aliphatic rings. The molecule has 0 aliphatic carbocycles. The van der Waals surface area contributed by atoms with Gasteiger partial charge < -0.3 is 4.74 Å². The Morgan fingerprint density at radius 1 is 0.941 bits per heavy atom. The highest BCUT2D eigenvalue weighted by molar-refractivity contribution is 5.31. The van der Waals surface area contributed by atoms with Crippen molar-refractivity contribution in [3.8, 4) is 11.5 Å². The fourth-order valence-corrected chi connectivity index (χ4v) is 1.67. The summed E-state index contributed by atoms with van der Waals surface area (Å²) in [7, 11) is 0. The number of rotatable bonds is 5. The van der Waals surface area contributed by atoms with Crippen molar-refractivity contribution >= 4 is 0 Å². The van der Waals surface area contributed by atoms with Gasteiger partial charge in [0.2, 0.25) is 0 Å². The Morgan fingerprint density at radius 3 is 2.53 bits per heavy atom. The normalized spacial score (nSPS) is 10.1. The lowest BCUT2D eigenvalue weighted by Gasteiger charge is -2.05. The van der Waals surface area contributed by atoms with Crippen molar-refractivity contribution in [2.75, 3.05) is 6.61 Å². The summed E-state index contributed by atoms with van der Waals surface area (Å²) >= 11 is 0. The maximum absolute atomic E-state index is 11.1. The van der Waals surface area contributed by atoms with E-state index in [1.54, 1.807) is 6.07 Å². The highest BCUT2D eigenvalue weighted by Gasteiger charge is 1.97. The Hall–Kier alpha value is -1.96. The highest BCUT2D eigenvalue weighted by Crippen LogP contribution is 2.18. The Balaban J connectivity index is 1.73. The van der Waals surface area contributed by atoms with Crippen LogP contribution in [0.3, 0.4) is 0 Å². The fourth-order valence-electron chi connectivity index (χ4n) is 1.67. The smallest absolute Gasteiger partial charge is 0.182 e. The summed E-state index contributed by atoms with van der Waals surface area (Å²) in [6.07, 6.45) is 1.95. The maximum atomic E-state index is 11.1. The predicted molar refractivity (Wildman–Crippen MR) is 66.8 cm³/mol. The Bertz CT molecular complexity index is 451. The number of hydrogen-bond acceptors (Lipinski definition) is 1. The lowest BCUT2D eigenvalue weighted by Crippen LogP contribution is -1.99. The second-order valence-corrected chi connectivity index (χ2v) is 3.91. The first kappa shape index (κ1) is 11.5. The van der Waals surface area contributed by atoms with Crippen molar-refractivity contribution < 1.29 is 9.84 Å². The molecule has 0 N–H and O–H groups in total. The molecule has 2 rings (SSSR count). The fraction of sp³-hybridized carbons (Fsp3) is 0.200. The third-order valence-corrected chi connectivity index (χ3v) is 2.53. The minimum absolute atomic E-state index is 0.00874. The van der Waals surface area contributed by atoms with E-state index in [-0.39, 0.29) is 5.75 Å². The largest absolute Gasteiger partial charge is 0.493 e. The molecule has 87 valence electrons. The molecule has 2 aromatic rings. The maximum Gasteiger partial charge on any atom is 0.182 e. The van der Waals surface area contributed by atoms with Gasteiger partial charge >= 0.3 is 0 Å². The third-order valence-electron chi connectivity index (χ3n) is 2.53. The topological polar surface area (TPSA) is 29.1 Å². The van der Waals surface area contributed by atoms with E-state index >= 15 is 0 Å². The van der Waals surface area contributed by atoms with Gasteiger partial charge in [0.25, 0.3) is 0 Å². The van der Waals surface area contributed by atoms with Gasteiger partial charge in [-0.05, 0) is 30.5 Å². The van der Waals surface area contributed by atoms with Crippen LogP contribution >= 0.6 is 0 Å². The first-order valence-corrected chi connectivity index (χ1v) is 5.78. The number of ether oxygens (including phenoxy) is 1. The molecule has 0 saturated carbocycles. The van der Waals surface area contributed by atoms with Gasteiger partial charge in [0.15, 0.2) is 5.75 Å². The minimum Gasteiger partial charge on any atom is -0.493 e. The molecular weight excluding hydrogens is 212 g/mol. The molecule has 0 fully saturated rings. The van der Waals surface area contributed by atoms with E-state index < -0.39 is 0 Å². The first-order chi connectivity index (χ1) is 8.34. The lowest BCUT2D eigenvalue weighted by molar-refractivity contribution is 0.304. The van der Waals surface area contributed by atoms with Crippen LogP contribution in [-0.4, -0.2) is 6.61 Å². The van der Waals surface area contributed by atoms with Crippen molar-refractivity contribution in [1.82, 2.24) is 0 Å². The zero-order valence-corrected chi connectivity index (χ0v) is 9.63. The van der Waals surface area contributed by atoms with E-state index in [1.165, 1.54) is 17.7 Å². The lowest BCUT2D eigenvalue weighted by atomic mass is 10.1. The van der Waals surface area contributed by atoms with Gasteiger partial charge in [-0.3, -0.25) is 5.11 Å². The van der Waals surface area contributed by atoms with Crippen molar-refractivity contribution in [2.45, 2.75) is 12.8 Å². The van der Waals surface area contributed by atoms with Gasteiger partial charge in [-0.25, -0.2) is 0 Å². The van der Waals surface area contributed by atoms with Crippen LogP contribution in [0.2, 0.25) is 0 Å². The summed E-state index contributed by atoms with van der Waals surface area (Å²) in [5, 5.41) is 11.1. The van der Waals surface area contributed by atoms with E-state index in [2.05, 4.69) is 12.1 Å². The van der Waals surface area contributed by atoms with Gasteiger partial charge in [0.05, 0.1) is 6.61 Å². The molecule has 17 heavy (non-hydrogen) atoms. The van der Waals surface area contributed by atoms with Gasteiger partial charge in [-0.1, -0.05) is 36.4 Å². The van der Waals surface area contributed by atoms with Crippen molar-refractivity contribution in [1.29, 1.82) is 0 Å². The highest BCUT2D eigenvalue weighted by atomic mass is 16.5. The summed E-state index contributed by atoms with van der Waals surface area (Å²) in [5.74, 6) is 0.649. The van der Waals surface area contributed by atoms with Gasteiger partial charge in [-0.15, -0.1) is 0 Å². The third kappa shape index (κ3) is 3.83. The SMILES string of the molecule is [O]c1cccc(OCCCc2ccccc2)c1. The van der Waals surface area contributed by atoms with Crippen LogP contribution in [0.4, 0.5) is 0 Å². The second-order valence-electron chi connectivity index (χ2n) is 3.91. The molecule has 1 radical (unpaired) electrons. The molecule has 2 aromatic carbocycles. The van der Waals surface area contributed by atoms with Gasteiger partial charge in [-0.2, -0.15) is 0 Å². The van der Waals surface area contributed by atoms with E-state index in [0.29, 0.717) is 12.4 Å². The van der Waals surface area contributed by atoms with Crippen LogP contribution in [0, 0.1) is 0 Å². The number of benzene rings is 2. The molecule has 0 heterocycles. The molecule has 0 bridgehead atoms. The first-order valence-electron chi connectivity index (χ1n) is 5.78. The minimum atomic E-state index is -0.00874. The molecule has 0 amide bonds. The average molecular weight is 227 g/mol. The molecule has 0 spiro atoms. The van der Waals surface area contributed by atoms with Crippen molar-refractivity contribution in [2.24, 2.45) is 0 Å². The van der Waals surface area contributed by atoms with Crippen LogP contribution in [0.25, 0.3) is 0 Å². The average Bonchev–Trinajstić information content (AvgIpc) is 2.36. The molecule has 0 atom stereocenters. The number of aryl methyl sites for hydroxylation is 1. The Morgan fingerprint density at radius 2 is 1.76 bits per heavy atom. The van der Waals surface area contributed by atoms with Crippen LogP contribution in [-0.2, 0) is 11.5 Å². The standard InChI is InChI=1S/C15H15O2/c16-14-9-4-10-15(12-14)17-11-5-8-13-6-2-1-3-7-13/h1-4,6-7,9-10,12H,5,8,11H2. The van der Waals surface area contributed by atoms with Crippen LogP contribution in [0.1, 0.15) is 12.0 Å². The summed E-state index contributed by atoms with van der Waals surface area (Å²) in [5.41, 5.74) is 1.31. The predicted octanol–water partition coefficient (Wildman–Crippen LogP) is 3.84. The van der Waals surface area contributed by atoms with E-state index in [1.807, 2.05) is 24.3 Å². The van der Waals surface area contributed by atoms with Crippen molar-refractivity contribution in [3.05, 3.63) is 60.2 Å². The second kappa shape index (κ2) is 5.94. The zero-order valence-electron chi connectivity index (χ0n) is 9.63. The molecule has 0 unspecified atom stereocenters. The molecule has 2 nitrogen and oxygen atoms in total. The summed E-state index contributed by atoms with van der Waals surface area (Å²) < 4.78 is 5.51. The zero-order chi connectivity index (χ0) is 11.9. The molecular formula is C15H15O2. The summed E-state index contributed by atoms with van der Waals surface area (Å²) in [4.78, 5) is 0. The Kier molecular flexibility index (Phi) is 4.03. The van der Waals surface area contributed by atoms with E-state index in [9.17, 15) is 5.11 Å². The molecule has 0 saturated heterocycles. The summed E-state index contributed by atoms with van der Waals surface area (Å²) in [6.45, 7) is 0.637.